The Balaban J connectivity index is 4.64. The molecule has 0 aliphatic rings. The summed E-state index contributed by atoms with van der Waals surface area (Å²) in [4.78, 5) is 10.2. The standard InChI is InChI=1S/C10H33N3O3Si4/c1-8-11-17(4)14-20(7,15-18(5)12-9-2)16-19(6)13-10-3/h11-13,17-19H,8-10H2,1-7H3. The van der Waals surface area contributed by atoms with Crippen molar-refractivity contribution in [3.63, 3.8) is 0 Å². The van der Waals surface area contributed by atoms with Gasteiger partial charge in [-0.3, -0.25) is 0 Å². The summed E-state index contributed by atoms with van der Waals surface area (Å²) in [6, 6.07) is 0. The van der Waals surface area contributed by atoms with Crippen LogP contribution in [0.25, 0.3) is 0 Å². The number of nitrogens with one attached hydrogen (secondary N) is 3. The normalized spacial score (nSPS) is 19.4. The van der Waals surface area contributed by atoms with Crippen molar-refractivity contribution in [3.05, 3.63) is 0 Å². The summed E-state index contributed by atoms with van der Waals surface area (Å²) in [5, 5.41) is 0. The molecule has 0 aliphatic heterocycles. The second kappa shape index (κ2) is 11.2. The fourth-order valence-corrected chi connectivity index (χ4v) is 14.6. The molecule has 20 heavy (non-hydrogen) atoms. The molecule has 0 aromatic rings. The van der Waals surface area contributed by atoms with E-state index in [0.29, 0.717) is 0 Å². The first kappa shape index (κ1) is 20.6. The summed E-state index contributed by atoms with van der Waals surface area (Å²) in [5.41, 5.74) is 0. The second-order valence-electron chi connectivity index (χ2n) is 4.82. The van der Waals surface area contributed by atoms with E-state index in [-0.39, 0.29) is 0 Å². The van der Waals surface area contributed by atoms with Gasteiger partial charge in [0, 0.05) is 6.55 Å². The van der Waals surface area contributed by atoms with Crippen LogP contribution in [0.1, 0.15) is 20.8 Å². The Bertz CT molecular complexity index is 218. The van der Waals surface area contributed by atoms with Crippen LogP contribution in [0.5, 0.6) is 0 Å². The quantitative estimate of drug-likeness (QED) is 0.428. The van der Waals surface area contributed by atoms with Crippen molar-refractivity contribution in [2.75, 3.05) is 19.6 Å². The second-order valence-corrected chi connectivity index (χ2v) is 14.4. The number of hydrogen-bond acceptors (Lipinski definition) is 6. The van der Waals surface area contributed by atoms with Crippen LogP contribution in [0.3, 0.4) is 0 Å². The van der Waals surface area contributed by atoms with Gasteiger partial charge >= 0.3 is 8.80 Å². The van der Waals surface area contributed by atoms with Crippen LogP contribution in [0.2, 0.25) is 26.2 Å². The maximum atomic E-state index is 6.22. The summed E-state index contributed by atoms with van der Waals surface area (Å²) < 4.78 is 18.7. The molecule has 3 N–H and O–H groups in total. The zero-order valence-corrected chi connectivity index (χ0v) is 18.5. The van der Waals surface area contributed by atoms with Gasteiger partial charge in [0.25, 0.3) is 0 Å². The Hall–Kier alpha value is 0.628. The van der Waals surface area contributed by atoms with Gasteiger partial charge in [-0.05, 0) is 39.3 Å². The lowest BCUT2D eigenvalue weighted by Gasteiger charge is -2.34. The van der Waals surface area contributed by atoms with Crippen molar-refractivity contribution in [1.29, 1.82) is 0 Å². The SMILES string of the molecule is CCN[SiH](C)O[Si](C)(O[SiH](C)NCC)O[SiH](C)NCC. The lowest BCUT2D eigenvalue weighted by molar-refractivity contribution is 0.268. The largest absolute Gasteiger partial charge is 0.468 e. The van der Waals surface area contributed by atoms with E-state index in [1.165, 1.54) is 0 Å². The van der Waals surface area contributed by atoms with Crippen molar-refractivity contribution in [2.45, 2.75) is 47.0 Å². The maximum Gasteiger partial charge on any atom is 0.468 e. The molecule has 0 fully saturated rings. The van der Waals surface area contributed by atoms with Crippen LogP contribution in [-0.2, 0) is 12.3 Å². The molecule has 0 heterocycles. The van der Waals surface area contributed by atoms with Crippen molar-refractivity contribution in [1.82, 2.24) is 14.9 Å². The van der Waals surface area contributed by atoms with E-state index in [0.717, 1.165) is 19.6 Å². The van der Waals surface area contributed by atoms with E-state index in [1.807, 2.05) is 6.55 Å². The Labute approximate surface area is 130 Å². The van der Waals surface area contributed by atoms with Gasteiger partial charge in [0.05, 0.1) is 0 Å². The highest BCUT2D eigenvalue weighted by atomic mass is 28.5. The molecule has 0 rings (SSSR count). The summed E-state index contributed by atoms with van der Waals surface area (Å²) in [6.07, 6.45) is 0. The molecule has 10 heteroatoms. The Morgan fingerprint density at radius 1 is 0.700 bits per heavy atom. The van der Waals surface area contributed by atoms with Crippen molar-refractivity contribution >= 4 is 36.4 Å². The van der Waals surface area contributed by atoms with Gasteiger partial charge in [0.1, 0.15) is 0 Å². The van der Waals surface area contributed by atoms with Gasteiger partial charge in [-0.15, -0.1) is 0 Å². The monoisotopic (exact) mass is 355 g/mol. The van der Waals surface area contributed by atoms with Crippen LogP contribution in [0.4, 0.5) is 0 Å². The van der Waals surface area contributed by atoms with Crippen molar-refractivity contribution in [3.8, 4) is 0 Å². The van der Waals surface area contributed by atoms with Crippen LogP contribution in [0, 0.1) is 0 Å². The fourth-order valence-electron chi connectivity index (χ4n) is 2.03. The molecule has 0 spiro atoms. The van der Waals surface area contributed by atoms with Gasteiger partial charge in [-0.25, -0.2) is 0 Å². The van der Waals surface area contributed by atoms with Gasteiger partial charge < -0.3 is 27.3 Å². The molecule has 0 bridgehead atoms. The molecule has 0 radical (unpaired) electrons. The zero-order valence-electron chi connectivity index (χ0n) is 14.1. The third kappa shape index (κ3) is 9.54. The zero-order chi connectivity index (χ0) is 15.6. The number of rotatable bonds is 12. The molecule has 0 amide bonds. The molecule has 6 nitrogen and oxygen atoms in total. The van der Waals surface area contributed by atoms with E-state index in [1.54, 1.807) is 0 Å². The fraction of sp³-hybridized carbons (Fsp3) is 1.00. The molecule has 0 aromatic carbocycles. The van der Waals surface area contributed by atoms with E-state index >= 15 is 0 Å². The van der Waals surface area contributed by atoms with Crippen LogP contribution in [-0.4, -0.2) is 56.0 Å². The molecule has 0 saturated heterocycles. The molecule has 0 saturated carbocycles. The van der Waals surface area contributed by atoms with Crippen LogP contribution < -0.4 is 14.9 Å². The van der Waals surface area contributed by atoms with Gasteiger partial charge in [-0.1, -0.05) is 20.8 Å². The number of hydrogen-bond donors (Lipinski definition) is 3. The third-order valence-corrected chi connectivity index (χ3v) is 15.0. The molecular weight excluding hydrogens is 322 g/mol. The van der Waals surface area contributed by atoms with E-state index in [4.69, 9.17) is 12.3 Å². The topological polar surface area (TPSA) is 63.8 Å². The van der Waals surface area contributed by atoms with E-state index in [2.05, 4.69) is 55.4 Å². The lowest BCUT2D eigenvalue weighted by Crippen LogP contribution is -2.58. The van der Waals surface area contributed by atoms with Crippen LogP contribution >= 0.6 is 0 Å². The smallest absolute Gasteiger partial charge is 0.406 e. The first-order chi connectivity index (χ1) is 9.36. The van der Waals surface area contributed by atoms with Crippen LogP contribution in [0.15, 0.2) is 0 Å². The minimum Gasteiger partial charge on any atom is -0.406 e. The van der Waals surface area contributed by atoms with E-state index < -0.39 is 36.4 Å². The highest BCUT2D eigenvalue weighted by molar-refractivity contribution is 6.78. The molecule has 0 aliphatic carbocycles. The lowest BCUT2D eigenvalue weighted by atomic mass is 10.8. The average Bonchev–Trinajstić information content (AvgIpc) is 2.28. The molecule has 3 atom stereocenters. The predicted octanol–water partition coefficient (Wildman–Crippen LogP) is -0.0157. The Morgan fingerprint density at radius 3 is 1.15 bits per heavy atom. The minimum atomic E-state index is -2.55. The molecule has 122 valence electrons. The Kier molecular flexibility index (Phi) is 11.6. The highest BCUT2D eigenvalue weighted by Gasteiger charge is 2.39. The summed E-state index contributed by atoms with van der Waals surface area (Å²) in [6.45, 7) is 17.5. The third-order valence-electron chi connectivity index (χ3n) is 2.65. The van der Waals surface area contributed by atoms with Gasteiger partial charge in [0.2, 0.25) is 27.6 Å². The predicted molar refractivity (Wildman–Crippen MR) is 94.9 cm³/mol. The summed E-state index contributed by atoms with van der Waals surface area (Å²) >= 11 is 0. The van der Waals surface area contributed by atoms with E-state index in [9.17, 15) is 0 Å². The average molecular weight is 356 g/mol. The first-order valence-corrected chi connectivity index (χ1v) is 16.4. The molecular formula is C10H33N3O3Si4. The highest BCUT2D eigenvalue weighted by Crippen LogP contribution is 2.12. The van der Waals surface area contributed by atoms with Gasteiger partial charge in [-0.2, -0.15) is 0 Å². The summed E-state index contributed by atoms with van der Waals surface area (Å²) in [5.74, 6) is 0. The maximum absolute atomic E-state index is 6.22. The minimum absolute atomic E-state index is 0.929. The van der Waals surface area contributed by atoms with Gasteiger partial charge in [0.15, 0.2) is 0 Å². The Morgan fingerprint density at radius 2 is 0.950 bits per heavy atom. The molecule has 3 unspecified atom stereocenters. The summed E-state index contributed by atoms with van der Waals surface area (Å²) in [7, 11) is -6.86. The van der Waals surface area contributed by atoms with Crippen molar-refractivity contribution < 1.29 is 12.3 Å². The van der Waals surface area contributed by atoms with Crippen molar-refractivity contribution in [2.24, 2.45) is 0 Å². The first-order valence-electron chi connectivity index (χ1n) is 7.60. The molecule has 0 aromatic heterocycles.